The maximum absolute atomic E-state index is 13.1. The molecule has 1 aliphatic rings. The van der Waals surface area contributed by atoms with Crippen molar-refractivity contribution in [1.29, 1.82) is 0 Å². The average molecular weight is 425 g/mol. The molecule has 3 aromatic rings. The lowest BCUT2D eigenvalue weighted by molar-refractivity contribution is -0.138. The van der Waals surface area contributed by atoms with Crippen LogP contribution in [0.2, 0.25) is 5.02 Å². The van der Waals surface area contributed by atoms with Gasteiger partial charge in [-0.05, 0) is 41.0 Å². The zero-order valence-electron chi connectivity index (χ0n) is 16.4. The van der Waals surface area contributed by atoms with Gasteiger partial charge in [0.05, 0.1) is 25.3 Å². The van der Waals surface area contributed by atoms with E-state index in [4.69, 9.17) is 16.3 Å². The largest absolute Gasteiger partial charge is 0.368 e. The van der Waals surface area contributed by atoms with Crippen molar-refractivity contribution < 1.29 is 13.9 Å². The molecular formula is C24H22ClFN2O2. The van der Waals surface area contributed by atoms with E-state index < -0.39 is 0 Å². The summed E-state index contributed by atoms with van der Waals surface area (Å²) in [4.78, 5) is 19.0. The van der Waals surface area contributed by atoms with Crippen molar-refractivity contribution in [2.24, 2.45) is 0 Å². The molecular weight excluding hydrogens is 403 g/mol. The van der Waals surface area contributed by atoms with Crippen LogP contribution in [-0.4, -0.2) is 35.5 Å². The van der Waals surface area contributed by atoms with Gasteiger partial charge in [-0.3, -0.25) is 9.78 Å². The minimum Gasteiger partial charge on any atom is -0.368 e. The standard InChI is InChI=1S/C24H22ClFN2O2/c25-21-4-2-1-3-19(21)13-18-7-10-22(27-15-18)23-16-28(11-12-30-23)24(29)14-17-5-8-20(26)9-6-17/h1-10,15,23H,11-14,16H2/t23-/m0/s1. The van der Waals surface area contributed by atoms with Gasteiger partial charge < -0.3 is 9.64 Å². The van der Waals surface area contributed by atoms with Gasteiger partial charge in [0.2, 0.25) is 5.91 Å². The van der Waals surface area contributed by atoms with E-state index >= 15 is 0 Å². The number of benzene rings is 2. The SMILES string of the molecule is O=C(Cc1ccc(F)cc1)N1CCO[C@H](c2ccc(Cc3ccccc3Cl)cn2)C1. The number of ether oxygens (including phenoxy) is 1. The van der Waals surface area contributed by atoms with Crippen molar-refractivity contribution in [3.05, 3.63) is 100 Å². The molecule has 2 aromatic carbocycles. The van der Waals surface area contributed by atoms with Crippen molar-refractivity contribution in [3.63, 3.8) is 0 Å². The highest BCUT2D eigenvalue weighted by Crippen LogP contribution is 2.23. The van der Waals surface area contributed by atoms with E-state index in [-0.39, 0.29) is 24.2 Å². The summed E-state index contributed by atoms with van der Waals surface area (Å²) < 4.78 is 18.9. The number of hydrogen-bond acceptors (Lipinski definition) is 3. The zero-order valence-corrected chi connectivity index (χ0v) is 17.2. The van der Waals surface area contributed by atoms with Crippen molar-refractivity contribution in [2.45, 2.75) is 18.9 Å². The maximum atomic E-state index is 13.1. The molecule has 1 saturated heterocycles. The second-order valence-electron chi connectivity index (χ2n) is 7.36. The van der Waals surface area contributed by atoms with E-state index in [0.717, 1.165) is 27.4 Å². The molecule has 1 aliphatic heterocycles. The van der Waals surface area contributed by atoms with E-state index in [2.05, 4.69) is 4.98 Å². The molecule has 0 spiro atoms. The number of rotatable bonds is 5. The minimum atomic E-state index is -0.304. The predicted molar refractivity (Wildman–Crippen MR) is 114 cm³/mol. The number of hydrogen-bond donors (Lipinski definition) is 0. The van der Waals surface area contributed by atoms with Crippen molar-refractivity contribution in [2.75, 3.05) is 19.7 Å². The normalized spacial score (nSPS) is 16.5. The Morgan fingerprint density at radius 2 is 1.87 bits per heavy atom. The second kappa shape index (κ2) is 9.37. The van der Waals surface area contributed by atoms with Crippen LogP contribution in [0.5, 0.6) is 0 Å². The van der Waals surface area contributed by atoms with Gasteiger partial charge in [0.1, 0.15) is 11.9 Å². The Morgan fingerprint density at radius 3 is 2.60 bits per heavy atom. The van der Waals surface area contributed by atoms with E-state index in [1.165, 1.54) is 12.1 Å². The number of halogens is 2. The summed E-state index contributed by atoms with van der Waals surface area (Å²) in [6.07, 6.45) is 2.53. The molecule has 1 fully saturated rings. The fraction of sp³-hybridized carbons (Fsp3) is 0.250. The number of carbonyl (C=O) groups excluding carboxylic acids is 1. The third kappa shape index (κ3) is 5.04. The third-order valence-electron chi connectivity index (χ3n) is 5.22. The molecule has 0 saturated carbocycles. The molecule has 1 aromatic heterocycles. The van der Waals surface area contributed by atoms with Gasteiger partial charge in [0.25, 0.3) is 0 Å². The van der Waals surface area contributed by atoms with Gasteiger partial charge in [-0.15, -0.1) is 0 Å². The molecule has 0 N–H and O–H groups in total. The molecule has 154 valence electrons. The molecule has 30 heavy (non-hydrogen) atoms. The summed E-state index contributed by atoms with van der Waals surface area (Å²) in [7, 11) is 0. The van der Waals surface area contributed by atoms with Crippen LogP contribution in [0.3, 0.4) is 0 Å². The number of morpholine rings is 1. The molecule has 0 radical (unpaired) electrons. The molecule has 0 aliphatic carbocycles. The summed E-state index contributed by atoms with van der Waals surface area (Å²) in [5.74, 6) is -0.299. The van der Waals surface area contributed by atoms with Gasteiger partial charge in [-0.2, -0.15) is 0 Å². The molecule has 2 heterocycles. The fourth-order valence-corrected chi connectivity index (χ4v) is 3.74. The third-order valence-corrected chi connectivity index (χ3v) is 5.59. The van der Waals surface area contributed by atoms with E-state index in [9.17, 15) is 9.18 Å². The Balaban J connectivity index is 1.38. The summed E-state index contributed by atoms with van der Waals surface area (Å²) in [5, 5.41) is 0.743. The first-order valence-electron chi connectivity index (χ1n) is 9.90. The highest BCUT2D eigenvalue weighted by Gasteiger charge is 2.26. The van der Waals surface area contributed by atoms with Crippen LogP contribution >= 0.6 is 11.6 Å². The Bertz CT molecular complexity index is 1010. The number of aromatic nitrogens is 1. The summed E-state index contributed by atoms with van der Waals surface area (Å²) in [6, 6.07) is 17.8. The molecule has 4 nitrogen and oxygen atoms in total. The fourth-order valence-electron chi connectivity index (χ4n) is 3.54. The van der Waals surface area contributed by atoms with Crippen LogP contribution in [-0.2, 0) is 22.4 Å². The summed E-state index contributed by atoms with van der Waals surface area (Å²) in [6.45, 7) is 1.46. The maximum Gasteiger partial charge on any atom is 0.227 e. The molecule has 4 rings (SSSR count). The highest BCUT2D eigenvalue weighted by atomic mass is 35.5. The first kappa shape index (κ1) is 20.5. The van der Waals surface area contributed by atoms with E-state index in [1.807, 2.05) is 42.6 Å². The first-order valence-corrected chi connectivity index (χ1v) is 10.3. The van der Waals surface area contributed by atoms with Gasteiger partial charge in [-0.25, -0.2) is 4.39 Å². The van der Waals surface area contributed by atoms with E-state index in [0.29, 0.717) is 26.1 Å². The Morgan fingerprint density at radius 1 is 1.10 bits per heavy atom. The number of pyridine rings is 1. The van der Waals surface area contributed by atoms with Gasteiger partial charge in [0, 0.05) is 24.2 Å². The number of carbonyl (C=O) groups is 1. The van der Waals surface area contributed by atoms with Crippen molar-refractivity contribution in [3.8, 4) is 0 Å². The number of amides is 1. The molecule has 6 heteroatoms. The highest BCUT2D eigenvalue weighted by molar-refractivity contribution is 6.31. The van der Waals surface area contributed by atoms with Crippen LogP contribution < -0.4 is 0 Å². The molecule has 0 bridgehead atoms. The zero-order chi connectivity index (χ0) is 20.9. The van der Waals surface area contributed by atoms with Crippen LogP contribution in [0.15, 0.2) is 66.9 Å². The molecule has 1 amide bonds. The summed E-state index contributed by atoms with van der Waals surface area (Å²) in [5.41, 5.74) is 3.72. The van der Waals surface area contributed by atoms with Crippen molar-refractivity contribution >= 4 is 17.5 Å². The van der Waals surface area contributed by atoms with E-state index in [1.54, 1.807) is 17.0 Å². The Hall–Kier alpha value is -2.76. The average Bonchev–Trinajstić information content (AvgIpc) is 2.77. The van der Waals surface area contributed by atoms with Crippen LogP contribution in [0.1, 0.15) is 28.5 Å². The van der Waals surface area contributed by atoms with Gasteiger partial charge in [-0.1, -0.05) is 48.0 Å². The Kier molecular flexibility index (Phi) is 6.41. The van der Waals surface area contributed by atoms with Crippen LogP contribution in [0, 0.1) is 5.82 Å². The monoisotopic (exact) mass is 424 g/mol. The quantitative estimate of drug-likeness (QED) is 0.600. The molecule has 0 unspecified atom stereocenters. The smallest absolute Gasteiger partial charge is 0.227 e. The second-order valence-corrected chi connectivity index (χ2v) is 7.77. The lowest BCUT2D eigenvalue weighted by Crippen LogP contribution is -2.43. The van der Waals surface area contributed by atoms with Gasteiger partial charge >= 0.3 is 0 Å². The topological polar surface area (TPSA) is 42.4 Å². The Labute approximate surface area is 180 Å². The number of nitrogens with zero attached hydrogens (tertiary/aromatic N) is 2. The van der Waals surface area contributed by atoms with Crippen molar-refractivity contribution in [1.82, 2.24) is 9.88 Å². The van der Waals surface area contributed by atoms with Gasteiger partial charge in [0.15, 0.2) is 0 Å². The first-order chi connectivity index (χ1) is 14.6. The van der Waals surface area contributed by atoms with Crippen LogP contribution in [0.25, 0.3) is 0 Å². The predicted octanol–water partition coefficient (Wildman–Crippen LogP) is 4.61. The summed E-state index contributed by atoms with van der Waals surface area (Å²) >= 11 is 6.24. The lowest BCUT2D eigenvalue weighted by Gasteiger charge is -2.32. The van der Waals surface area contributed by atoms with Crippen LogP contribution in [0.4, 0.5) is 4.39 Å². The molecule has 1 atom stereocenters. The lowest BCUT2D eigenvalue weighted by atomic mass is 10.1. The minimum absolute atomic E-state index is 0.00486.